The van der Waals surface area contributed by atoms with Crippen LogP contribution < -0.4 is 5.32 Å². The van der Waals surface area contributed by atoms with Gasteiger partial charge < -0.3 is 5.32 Å². The van der Waals surface area contributed by atoms with E-state index in [1.807, 2.05) is 17.5 Å². The molecule has 1 aliphatic rings. The topological polar surface area (TPSA) is 24.9 Å². The van der Waals surface area contributed by atoms with Crippen molar-refractivity contribution in [2.45, 2.75) is 39.3 Å². The second-order valence-corrected chi connectivity index (χ2v) is 7.00. The third kappa shape index (κ3) is 2.59. The van der Waals surface area contributed by atoms with Crippen molar-refractivity contribution in [1.29, 1.82) is 0 Å². The second kappa shape index (κ2) is 4.88. The Bertz CT molecular complexity index is 492. The average molecular weight is 264 g/mol. The summed E-state index contributed by atoms with van der Waals surface area (Å²) in [6.07, 6.45) is 5.92. The lowest BCUT2D eigenvalue weighted by Crippen LogP contribution is -2.10. The van der Waals surface area contributed by atoms with Crippen LogP contribution in [0, 0.1) is 6.92 Å². The van der Waals surface area contributed by atoms with Crippen molar-refractivity contribution in [2.24, 2.45) is 0 Å². The van der Waals surface area contributed by atoms with Crippen molar-refractivity contribution in [3.63, 3.8) is 0 Å². The zero-order valence-corrected chi connectivity index (χ0v) is 11.6. The number of nitrogens with one attached hydrogen (secondary N) is 1. The highest BCUT2D eigenvalue weighted by atomic mass is 32.1. The lowest BCUT2D eigenvalue weighted by Gasteiger charge is -2.00. The fourth-order valence-electron chi connectivity index (χ4n) is 2.27. The van der Waals surface area contributed by atoms with Crippen LogP contribution in [0.4, 0.5) is 0 Å². The van der Waals surface area contributed by atoms with Gasteiger partial charge in [0.15, 0.2) is 0 Å². The molecular weight excluding hydrogens is 248 g/mol. The first-order chi connectivity index (χ1) is 8.31. The SMILES string of the molecule is Cc1ncc(CNCc2cc3c(s2)CCC3)s1. The first-order valence-corrected chi connectivity index (χ1v) is 7.67. The number of hydrogen-bond donors (Lipinski definition) is 1. The van der Waals surface area contributed by atoms with Crippen LogP contribution in [0.2, 0.25) is 0 Å². The maximum absolute atomic E-state index is 4.26. The van der Waals surface area contributed by atoms with Gasteiger partial charge in [0, 0.05) is 33.9 Å². The number of aryl methyl sites for hydroxylation is 3. The van der Waals surface area contributed by atoms with Gasteiger partial charge in [-0.2, -0.15) is 0 Å². The number of nitrogens with zero attached hydrogens (tertiary/aromatic N) is 1. The maximum Gasteiger partial charge on any atom is 0.0897 e. The van der Waals surface area contributed by atoms with Crippen molar-refractivity contribution < 1.29 is 0 Å². The summed E-state index contributed by atoms with van der Waals surface area (Å²) in [5.41, 5.74) is 1.60. The van der Waals surface area contributed by atoms with Crippen LogP contribution in [-0.4, -0.2) is 4.98 Å². The molecule has 0 aliphatic heterocycles. The summed E-state index contributed by atoms with van der Waals surface area (Å²) < 4.78 is 0. The van der Waals surface area contributed by atoms with Crippen LogP contribution in [-0.2, 0) is 25.9 Å². The molecule has 0 spiro atoms. The first kappa shape index (κ1) is 11.4. The van der Waals surface area contributed by atoms with Gasteiger partial charge in [-0.15, -0.1) is 22.7 Å². The van der Waals surface area contributed by atoms with Crippen molar-refractivity contribution >= 4 is 22.7 Å². The fraction of sp³-hybridized carbons (Fsp3) is 0.462. The third-order valence-corrected chi connectivity index (χ3v) is 5.22. The molecule has 0 atom stereocenters. The van der Waals surface area contributed by atoms with Gasteiger partial charge in [-0.05, 0) is 37.8 Å². The average Bonchev–Trinajstić information content (AvgIpc) is 2.94. The Hall–Kier alpha value is -0.710. The molecule has 2 heterocycles. The van der Waals surface area contributed by atoms with Gasteiger partial charge in [0.2, 0.25) is 0 Å². The van der Waals surface area contributed by atoms with Crippen LogP contribution >= 0.6 is 22.7 Å². The molecule has 4 heteroatoms. The zero-order chi connectivity index (χ0) is 11.7. The molecule has 0 saturated heterocycles. The molecule has 1 N–H and O–H groups in total. The monoisotopic (exact) mass is 264 g/mol. The van der Waals surface area contributed by atoms with Crippen LogP contribution in [0.1, 0.15) is 31.6 Å². The van der Waals surface area contributed by atoms with Crippen LogP contribution in [0.15, 0.2) is 12.3 Å². The largest absolute Gasteiger partial charge is 0.307 e. The van der Waals surface area contributed by atoms with Gasteiger partial charge >= 0.3 is 0 Å². The molecule has 0 aromatic carbocycles. The molecular formula is C13H16N2S2. The summed E-state index contributed by atoms with van der Waals surface area (Å²) in [5, 5.41) is 4.65. The summed E-state index contributed by atoms with van der Waals surface area (Å²) in [6, 6.07) is 2.39. The molecule has 0 bridgehead atoms. The Morgan fingerprint density at radius 3 is 2.88 bits per heavy atom. The Labute approximate surface area is 110 Å². The van der Waals surface area contributed by atoms with E-state index in [0.29, 0.717) is 0 Å². The van der Waals surface area contributed by atoms with Gasteiger partial charge in [-0.3, -0.25) is 0 Å². The number of aromatic nitrogens is 1. The Morgan fingerprint density at radius 2 is 2.12 bits per heavy atom. The van der Waals surface area contributed by atoms with Crippen molar-refractivity contribution in [3.05, 3.63) is 37.5 Å². The Balaban J connectivity index is 1.54. The molecule has 2 aromatic rings. The highest BCUT2D eigenvalue weighted by Crippen LogP contribution is 2.30. The minimum Gasteiger partial charge on any atom is -0.307 e. The highest BCUT2D eigenvalue weighted by molar-refractivity contribution is 7.12. The van der Waals surface area contributed by atoms with E-state index in [4.69, 9.17) is 0 Å². The zero-order valence-electron chi connectivity index (χ0n) is 9.95. The number of fused-ring (bicyclic) bond motifs is 1. The molecule has 3 rings (SSSR count). The number of hydrogen-bond acceptors (Lipinski definition) is 4. The van der Waals surface area contributed by atoms with E-state index in [-0.39, 0.29) is 0 Å². The summed E-state index contributed by atoms with van der Waals surface area (Å²) in [4.78, 5) is 8.69. The van der Waals surface area contributed by atoms with E-state index in [2.05, 4.69) is 23.3 Å². The van der Waals surface area contributed by atoms with Crippen molar-refractivity contribution in [1.82, 2.24) is 10.3 Å². The van der Waals surface area contributed by atoms with E-state index >= 15 is 0 Å². The molecule has 0 fully saturated rings. The van der Waals surface area contributed by atoms with Crippen LogP contribution in [0.3, 0.4) is 0 Å². The number of rotatable bonds is 4. The normalized spacial score (nSPS) is 14.2. The molecule has 90 valence electrons. The minimum atomic E-state index is 0.939. The van der Waals surface area contributed by atoms with E-state index in [1.54, 1.807) is 21.8 Å². The van der Waals surface area contributed by atoms with E-state index in [1.165, 1.54) is 29.0 Å². The lowest BCUT2D eigenvalue weighted by atomic mass is 10.2. The summed E-state index contributed by atoms with van der Waals surface area (Å²) in [7, 11) is 0. The molecule has 0 radical (unpaired) electrons. The third-order valence-electron chi connectivity index (χ3n) is 3.07. The van der Waals surface area contributed by atoms with Gasteiger partial charge in [0.1, 0.15) is 0 Å². The lowest BCUT2D eigenvalue weighted by molar-refractivity contribution is 0.707. The first-order valence-electron chi connectivity index (χ1n) is 6.04. The Morgan fingerprint density at radius 1 is 1.24 bits per heavy atom. The molecule has 0 amide bonds. The maximum atomic E-state index is 4.26. The van der Waals surface area contributed by atoms with Gasteiger partial charge in [0.25, 0.3) is 0 Å². The van der Waals surface area contributed by atoms with E-state index in [0.717, 1.165) is 18.1 Å². The highest BCUT2D eigenvalue weighted by Gasteiger charge is 2.14. The molecule has 2 nitrogen and oxygen atoms in total. The summed E-state index contributed by atoms with van der Waals surface area (Å²) >= 11 is 3.76. The number of thiophene rings is 1. The van der Waals surface area contributed by atoms with Crippen LogP contribution in [0.5, 0.6) is 0 Å². The summed E-state index contributed by atoms with van der Waals surface area (Å²) in [6.45, 7) is 3.99. The molecule has 1 aliphatic carbocycles. The van der Waals surface area contributed by atoms with E-state index in [9.17, 15) is 0 Å². The van der Waals surface area contributed by atoms with Crippen LogP contribution in [0.25, 0.3) is 0 Å². The minimum absolute atomic E-state index is 0.939. The molecule has 17 heavy (non-hydrogen) atoms. The fourth-order valence-corrected chi connectivity index (χ4v) is 4.27. The predicted octanol–water partition coefficient (Wildman–Crippen LogP) is 3.29. The second-order valence-electron chi connectivity index (χ2n) is 4.46. The van der Waals surface area contributed by atoms with Gasteiger partial charge in [-0.25, -0.2) is 4.98 Å². The van der Waals surface area contributed by atoms with Gasteiger partial charge in [-0.1, -0.05) is 0 Å². The van der Waals surface area contributed by atoms with Gasteiger partial charge in [0.05, 0.1) is 5.01 Å². The van der Waals surface area contributed by atoms with Crippen molar-refractivity contribution in [2.75, 3.05) is 0 Å². The van der Waals surface area contributed by atoms with Crippen molar-refractivity contribution in [3.8, 4) is 0 Å². The predicted molar refractivity (Wildman–Crippen MR) is 73.7 cm³/mol. The Kier molecular flexibility index (Phi) is 3.27. The summed E-state index contributed by atoms with van der Waals surface area (Å²) in [5.74, 6) is 0. The number of thiazole rings is 1. The smallest absolute Gasteiger partial charge is 0.0897 e. The van der Waals surface area contributed by atoms with E-state index < -0.39 is 0 Å². The molecule has 0 unspecified atom stereocenters. The molecule has 0 saturated carbocycles. The molecule has 2 aromatic heterocycles. The standard InChI is InChI=1S/C13H16N2S2/c1-9-15-8-12(16-9)7-14-6-11-5-10-3-2-4-13(10)17-11/h5,8,14H,2-4,6-7H2,1H3. The quantitative estimate of drug-likeness (QED) is 0.916.